The van der Waals surface area contributed by atoms with Crippen LogP contribution in [0.4, 0.5) is 0 Å². The lowest BCUT2D eigenvalue weighted by molar-refractivity contribution is -0.376. The number of ether oxygens (including phenoxy) is 3. The fourth-order valence-corrected chi connectivity index (χ4v) is 2.23. The van der Waals surface area contributed by atoms with Crippen LogP contribution in [0.5, 0.6) is 0 Å². The van der Waals surface area contributed by atoms with Crippen molar-refractivity contribution in [3.63, 3.8) is 0 Å². The van der Waals surface area contributed by atoms with Gasteiger partial charge in [0, 0.05) is 0 Å². The monoisotopic (exact) mass is 344 g/mol. The van der Waals surface area contributed by atoms with E-state index in [1.54, 1.807) is 0 Å². The second kappa shape index (κ2) is 7.63. The minimum Gasteiger partial charge on any atom is -0.394 e. The minimum atomic E-state index is -2.99. The van der Waals surface area contributed by atoms with Crippen molar-refractivity contribution in [2.45, 2.75) is 61.4 Å². The maximum absolute atomic E-state index is 9.94. The van der Waals surface area contributed by atoms with Gasteiger partial charge >= 0.3 is 0 Å². The molecule has 11 nitrogen and oxygen atoms in total. The summed E-state index contributed by atoms with van der Waals surface area (Å²) in [7, 11) is 0. The largest absolute Gasteiger partial charge is 0.394 e. The van der Waals surface area contributed by atoms with Gasteiger partial charge in [0.1, 0.15) is 48.8 Å². The van der Waals surface area contributed by atoms with E-state index in [2.05, 4.69) is 0 Å². The summed E-state index contributed by atoms with van der Waals surface area (Å²) in [5, 5.41) is 77.0. The summed E-state index contributed by atoms with van der Waals surface area (Å²) in [6, 6.07) is 0. The van der Waals surface area contributed by atoms with E-state index in [0.717, 1.165) is 0 Å². The molecule has 8 N–H and O–H groups in total. The molecule has 2 rings (SSSR count). The summed E-state index contributed by atoms with van der Waals surface area (Å²) in [6.07, 6.45) is -21.1. The SMILES string of the molecule is [2H][C@@]1(O[C@]2([2H])O[C@H](CO)[C@@H](O)[C@H](O)[C@H]2O)O[C@H](CO)[C@@H](O)[C@H](O)[C@H]1O. The molecule has 0 spiro atoms. The first kappa shape index (κ1) is 16.1. The topological polar surface area (TPSA) is 190 Å². The molecule has 2 fully saturated rings. The second-order valence-corrected chi connectivity index (χ2v) is 5.27. The Bertz CT molecular complexity index is 428. The molecule has 10 atom stereocenters. The molecule has 0 aromatic heterocycles. The van der Waals surface area contributed by atoms with Crippen LogP contribution in [0.2, 0.25) is 0 Å². The van der Waals surface area contributed by atoms with Crippen molar-refractivity contribution in [1.29, 1.82) is 0 Å². The molecule has 23 heavy (non-hydrogen) atoms. The highest BCUT2D eigenvalue weighted by molar-refractivity contribution is 4.92. The van der Waals surface area contributed by atoms with Crippen molar-refractivity contribution in [1.82, 2.24) is 0 Å². The normalized spacial score (nSPS) is 59.3. The molecule has 136 valence electrons. The zero-order chi connectivity index (χ0) is 19.2. The van der Waals surface area contributed by atoms with E-state index in [1.165, 1.54) is 0 Å². The summed E-state index contributed by atoms with van der Waals surface area (Å²) in [4.78, 5) is 0. The Kier molecular flexibility index (Phi) is 5.33. The molecule has 0 radical (unpaired) electrons. The number of hydrogen-bond donors (Lipinski definition) is 8. The Labute approximate surface area is 133 Å². The van der Waals surface area contributed by atoms with Crippen molar-refractivity contribution in [3.05, 3.63) is 0 Å². The van der Waals surface area contributed by atoms with E-state index in [0.29, 0.717) is 0 Å². The quantitative estimate of drug-likeness (QED) is 0.243. The lowest BCUT2D eigenvalue weighted by Crippen LogP contribution is -2.63. The summed E-state index contributed by atoms with van der Waals surface area (Å²) in [5.74, 6) is 0. The molecule has 2 aliphatic rings. The first-order valence-corrected chi connectivity index (χ1v) is 6.86. The van der Waals surface area contributed by atoms with Gasteiger partial charge in [0.2, 0.25) is 0 Å². The predicted molar refractivity (Wildman–Crippen MR) is 68.6 cm³/mol. The molecule has 0 aliphatic carbocycles. The lowest BCUT2D eigenvalue weighted by Gasteiger charge is -2.44. The molecular formula is C12H22O11. The molecule has 0 saturated carbocycles. The molecule has 0 bridgehead atoms. The molecule has 0 amide bonds. The second-order valence-electron chi connectivity index (χ2n) is 5.27. The fourth-order valence-electron chi connectivity index (χ4n) is 2.23. The zero-order valence-electron chi connectivity index (χ0n) is 13.8. The number of aliphatic hydroxyl groups excluding tert-OH is 8. The molecule has 11 heteroatoms. The summed E-state index contributed by atoms with van der Waals surface area (Å²) in [5.41, 5.74) is 0. The number of hydrogen-bond acceptors (Lipinski definition) is 11. The maximum Gasteiger partial charge on any atom is 0.189 e. The molecule has 2 saturated heterocycles. The van der Waals surface area contributed by atoms with Gasteiger partial charge in [-0.05, 0) is 0 Å². The fraction of sp³-hybridized carbons (Fsp3) is 1.00. The van der Waals surface area contributed by atoms with E-state index >= 15 is 0 Å². The van der Waals surface area contributed by atoms with E-state index in [9.17, 15) is 30.6 Å². The van der Waals surface area contributed by atoms with Crippen molar-refractivity contribution >= 4 is 0 Å². The van der Waals surface area contributed by atoms with Gasteiger partial charge in [-0.1, -0.05) is 0 Å². The Morgan fingerprint density at radius 1 is 0.652 bits per heavy atom. The molecular weight excluding hydrogens is 320 g/mol. The van der Waals surface area contributed by atoms with E-state index in [1.807, 2.05) is 0 Å². The Balaban J connectivity index is 2.28. The minimum absolute atomic E-state index is 0.871. The van der Waals surface area contributed by atoms with Crippen LogP contribution in [-0.2, 0) is 14.2 Å². The molecule has 0 unspecified atom stereocenters. The smallest absolute Gasteiger partial charge is 0.189 e. The highest BCUT2D eigenvalue weighted by Crippen LogP contribution is 2.27. The van der Waals surface area contributed by atoms with Gasteiger partial charge in [-0.2, -0.15) is 0 Å². The van der Waals surface area contributed by atoms with Crippen molar-refractivity contribution < 1.29 is 57.8 Å². The third-order valence-corrected chi connectivity index (χ3v) is 3.69. The molecule has 0 aromatic carbocycles. The molecule has 2 aliphatic heterocycles. The number of rotatable bonds is 4. The van der Waals surface area contributed by atoms with Crippen molar-refractivity contribution in [3.8, 4) is 0 Å². The predicted octanol–water partition coefficient (Wildman–Crippen LogP) is -5.40. The van der Waals surface area contributed by atoms with Crippen LogP contribution in [0.25, 0.3) is 0 Å². The first-order chi connectivity index (χ1) is 11.5. The van der Waals surface area contributed by atoms with Crippen LogP contribution in [0.15, 0.2) is 0 Å². The summed E-state index contributed by atoms with van der Waals surface area (Å²) >= 11 is 0. The van der Waals surface area contributed by atoms with Gasteiger partial charge in [0.15, 0.2) is 12.5 Å². The third-order valence-electron chi connectivity index (χ3n) is 3.69. The highest BCUT2D eigenvalue weighted by Gasteiger charge is 2.49. The van der Waals surface area contributed by atoms with Crippen LogP contribution in [0.3, 0.4) is 0 Å². The van der Waals surface area contributed by atoms with Gasteiger partial charge in [0.25, 0.3) is 0 Å². The van der Waals surface area contributed by atoms with Gasteiger partial charge < -0.3 is 55.1 Å². The maximum atomic E-state index is 9.94. The van der Waals surface area contributed by atoms with Gasteiger partial charge in [-0.15, -0.1) is 0 Å². The van der Waals surface area contributed by atoms with E-state index in [4.69, 9.17) is 27.2 Å². The van der Waals surface area contributed by atoms with Crippen LogP contribution in [0.1, 0.15) is 2.74 Å². The first-order valence-electron chi connectivity index (χ1n) is 7.86. The summed E-state index contributed by atoms with van der Waals surface area (Å²) < 4.78 is 30.6. The van der Waals surface area contributed by atoms with Gasteiger partial charge in [-0.3, -0.25) is 0 Å². The zero-order valence-corrected chi connectivity index (χ0v) is 11.8. The highest BCUT2D eigenvalue weighted by atomic mass is 16.8. The molecule has 2 heterocycles. The van der Waals surface area contributed by atoms with E-state index < -0.39 is 74.6 Å². The standard InChI is InChI=1S/C12H22O11/c13-1-3-5(15)7(17)9(19)11(21-3)23-12-10(20)8(18)6(16)4(2-14)22-12/h3-20H,1-2H2/t3-,4-,5-,6-,7+,8+,9-,10-,11+,12+/m1/s1/i11D,12D. The van der Waals surface area contributed by atoms with Gasteiger partial charge in [-0.25, -0.2) is 0 Å². The van der Waals surface area contributed by atoms with Gasteiger partial charge in [0.05, 0.1) is 16.0 Å². The van der Waals surface area contributed by atoms with Crippen LogP contribution < -0.4 is 0 Å². The summed E-state index contributed by atoms with van der Waals surface area (Å²) in [6.45, 7) is -1.74. The molecule has 0 aromatic rings. The van der Waals surface area contributed by atoms with Crippen LogP contribution >= 0.6 is 0 Å². The lowest BCUT2D eigenvalue weighted by atomic mass is 9.98. The average molecular weight is 344 g/mol. The van der Waals surface area contributed by atoms with Crippen molar-refractivity contribution in [2.24, 2.45) is 0 Å². The average Bonchev–Trinajstić information content (AvgIpc) is 2.58. The van der Waals surface area contributed by atoms with Crippen molar-refractivity contribution in [2.75, 3.05) is 13.2 Å². The Morgan fingerprint density at radius 3 is 1.30 bits per heavy atom. The Hall–Kier alpha value is -0.440. The number of aliphatic hydroxyl groups is 8. The Morgan fingerprint density at radius 2 is 1.00 bits per heavy atom. The van der Waals surface area contributed by atoms with Crippen LogP contribution in [-0.4, -0.2) is 115 Å². The third kappa shape index (κ3) is 3.65. The van der Waals surface area contributed by atoms with Crippen LogP contribution in [0, 0.1) is 0 Å². The van der Waals surface area contributed by atoms with E-state index in [-0.39, 0.29) is 0 Å².